The monoisotopic (exact) mass is 448 g/mol. The van der Waals surface area contributed by atoms with Crippen LogP contribution in [-0.2, 0) is 19.0 Å². The minimum atomic E-state index is -0.984. The Morgan fingerprint density at radius 2 is 1.45 bits per heavy atom. The molecule has 2 aromatic carbocycles. The van der Waals surface area contributed by atoms with Gasteiger partial charge >= 0.3 is 17.9 Å². The second kappa shape index (κ2) is 12.2. The van der Waals surface area contributed by atoms with E-state index in [1.807, 2.05) is 13.0 Å². The van der Waals surface area contributed by atoms with Crippen LogP contribution in [0.1, 0.15) is 33.2 Å². The zero-order chi connectivity index (χ0) is 24.3. The highest BCUT2D eigenvalue weighted by atomic mass is 16.6. The average molecular weight is 449 g/mol. The van der Waals surface area contributed by atoms with Crippen LogP contribution in [0, 0.1) is 12.3 Å². The van der Waals surface area contributed by atoms with Crippen LogP contribution < -0.4 is 0 Å². The van der Waals surface area contributed by atoms with Crippen molar-refractivity contribution in [2.45, 2.75) is 13.8 Å². The molecule has 0 aliphatic carbocycles. The Morgan fingerprint density at radius 3 is 2.06 bits per heavy atom. The maximum absolute atomic E-state index is 12.5. The molecule has 0 aliphatic heterocycles. The molecule has 0 bridgehead atoms. The first-order valence-corrected chi connectivity index (χ1v) is 10.4. The van der Waals surface area contributed by atoms with Crippen molar-refractivity contribution < 1.29 is 28.6 Å². The quantitative estimate of drug-likeness (QED) is 0.211. The maximum Gasteiger partial charge on any atom is 0.338 e. The number of hydrogen-bond acceptors (Lipinski definition) is 6. The van der Waals surface area contributed by atoms with Crippen molar-refractivity contribution >= 4 is 17.9 Å². The van der Waals surface area contributed by atoms with E-state index in [1.165, 1.54) is 12.2 Å². The molecule has 0 saturated carbocycles. The van der Waals surface area contributed by atoms with Gasteiger partial charge in [-0.05, 0) is 44.2 Å². The van der Waals surface area contributed by atoms with Crippen molar-refractivity contribution in [2.24, 2.45) is 5.41 Å². The summed E-state index contributed by atoms with van der Waals surface area (Å²) in [5, 5.41) is 0. The van der Waals surface area contributed by atoms with Crippen LogP contribution in [0.4, 0.5) is 0 Å². The molecule has 0 N–H and O–H groups in total. The largest absolute Gasteiger partial charge is 0.461 e. The average Bonchev–Trinajstić information content (AvgIpc) is 2.83. The molecule has 1 unspecified atom stereocenters. The van der Waals surface area contributed by atoms with E-state index < -0.39 is 23.3 Å². The van der Waals surface area contributed by atoms with Crippen molar-refractivity contribution in [2.75, 3.05) is 19.8 Å². The molecule has 0 saturated heterocycles. The highest BCUT2D eigenvalue weighted by molar-refractivity contribution is 5.91. The molecule has 6 heteroatoms. The van der Waals surface area contributed by atoms with E-state index in [2.05, 4.69) is 13.2 Å². The third kappa shape index (κ3) is 8.26. The zero-order valence-corrected chi connectivity index (χ0v) is 18.9. The fourth-order valence-electron chi connectivity index (χ4n) is 2.70. The molecule has 2 aromatic rings. The fraction of sp³-hybridized carbons (Fsp3) is 0.222. The van der Waals surface area contributed by atoms with Crippen molar-refractivity contribution in [1.82, 2.24) is 0 Å². The van der Waals surface area contributed by atoms with Gasteiger partial charge in [-0.1, -0.05) is 61.2 Å². The number of benzene rings is 2. The second-order valence-electron chi connectivity index (χ2n) is 7.89. The molecule has 0 aliphatic rings. The van der Waals surface area contributed by atoms with Crippen LogP contribution in [0.2, 0.25) is 0 Å². The van der Waals surface area contributed by atoms with E-state index in [-0.39, 0.29) is 25.4 Å². The van der Waals surface area contributed by atoms with E-state index >= 15 is 0 Å². The fourth-order valence-corrected chi connectivity index (χ4v) is 2.70. The van der Waals surface area contributed by atoms with Crippen LogP contribution in [-0.4, -0.2) is 37.7 Å². The number of ether oxygens (including phenoxy) is 3. The lowest BCUT2D eigenvalue weighted by Gasteiger charge is -2.28. The first-order chi connectivity index (χ1) is 15.7. The van der Waals surface area contributed by atoms with Gasteiger partial charge in [-0.2, -0.15) is 0 Å². The van der Waals surface area contributed by atoms with E-state index in [9.17, 15) is 14.4 Å². The minimum absolute atomic E-state index is 0.135. The predicted molar refractivity (Wildman–Crippen MR) is 126 cm³/mol. The number of carbonyl (C=O) groups excluding carboxylic acids is 3. The molecule has 0 heterocycles. The van der Waals surface area contributed by atoms with E-state index in [0.717, 1.165) is 5.56 Å². The van der Waals surface area contributed by atoms with Gasteiger partial charge < -0.3 is 14.2 Å². The Labute approximate surface area is 194 Å². The van der Waals surface area contributed by atoms with E-state index in [0.29, 0.717) is 11.1 Å². The molecule has 172 valence electrons. The molecule has 0 radical (unpaired) electrons. The van der Waals surface area contributed by atoms with Crippen molar-refractivity contribution in [1.29, 1.82) is 0 Å². The highest BCUT2D eigenvalue weighted by Gasteiger charge is 2.31. The standard InChI is InChI=1S/C27H28O6/c1-5-6-12-21(3)24(28)31-17-27(4,18-32-25(29)22-13-8-7-9-14-22)19-33-26(30)23-15-10-11-20(2)16-23/h5-16H,1,3,17-19H2,2,4H3/b12-6-. The van der Waals surface area contributed by atoms with Gasteiger partial charge in [0.05, 0.1) is 22.1 Å². The normalized spacial score (nSPS) is 12.4. The molecular formula is C27H28O6. The second-order valence-corrected chi connectivity index (χ2v) is 7.89. The van der Waals surface area contributed by atoms with Gasteiger partial charge in [0.25, 0.3) is 0 Å². The van der Waals surface area contributed by atoms with Crippen LogP contribution >= 0.6 is 0 Å². The molecule has 2 rings (SSSR count). The molecule has 6 nitrogen and oxygen atoms in total. The smallest absolute Gasteiger partial charge is 0.338 e. The number of allylic oxidation sites excluding steroid dienone is 2. The number of rotatable bonds is 11. The summed E-state index contributed by atoms with van der Waals surface area (Å²) in [6.07, 6.45) is 4.55. The summed E-state index contributed by atoms with van der Waals surface area (Å²) in [5.41, 5.74) is 0.858. The van der Waals surface area contributed by atoms with Gasteiger partial charge in [-0.3, -0.25) is 0 Å². The van der Waals surface area contributed by atoms with Crippen LogP contribution in [0.3, 0.4) is 0 Å². The van der Waals surface area contributed by atoms with Gasteiger partial charge in [-0.15, -0.1) is 0 Å². The zero-order valence-electron chi connectivity index (χ0n) is 18.9. The van der Waals surface area contributed by atoms with Crippen molar-refractivity contribution in [3.05, 3.63) is 108 Å². The summed E-state index contributed by atoms with van der Waals surface area (Å²) in [6, 6.07) is 15.5. The van der Waals surface area contributed by atoms with Crippen LogP contribution in [0.15, 0.2) is 91.6 Å². The summed E-state index contributed by atoms with van der Waals surface area (Å²) < 4.78 is 16.3. The van der Waals surface area contributed by atoms with Gasteiger partial charge in [0, 0.05) is 0 Å². The third-order valence-electron chi connectivity index (χ3n) is 4.61. The van der Waals surface area contributed by atoms with E-state index in [1.54, 1.807) is 61.5 Å². The predicted octanol–water partition coefficient (Wildman–Crippen LogP) is 4.86. The molecule has 0 spiro atoms. The van der Waals surface area contributed by atoms with Crippen molar-refractivity contribution in [3.63, 3.8) is 0 Å². The Morgan fingerprint density at radius 1 is 0.879 bits per heavy atom. The molecular weight excluding hydrogens is 420 g/mol. The number of carbonyl (C=O) groups is 3. The first-order valence-electron chi connectivity index (χ1n) is 10.4. The molecule has 0 aromatic heterocycles. The Balaban J connectivity index is 2.08. The third-order valence-corrected chi connectivity index (χ3v) is 4.61. The van der Waals surface area contributed by atoms with E-state index in [4.69, 9.17) is 14.2 Å². The molecule has 0 fully saturated rings. The first kappa shape index (κ1) is 25.3. The molecule has 33 heavy (non-hydrogen) atoms. The summed E-state index contributed by atoms with van der Waals surface area (Å²) in [4.78, 5) is 37.1. The highest BCUT2D eigenvalue weighted by Crippen LogP contribution is 2.21. The summed E-state index contributed by atoms with van der Waals surface area (Å²) in [5.74, 6) is -1.70. The van der Waals surface area contributed by atoms with Gasteiger partial charge in [-0.25, -0.2) is 14.4 Å². The summed E-state index contributed by atoms with van der Waals surface area (Å²) in [7, 11) is 0. The van der Waals surface area contributed by atoms with Crippen LogP contribution in [0.25, 0.3) is 0 Å². The molecule has 0 amide bonds. The topological polar surface area (TPSA) is 78.9 Å². The Hall–Kier alpha value is -3.93. The summed E-state index contributed by atoms with van der Waals surface area (Å²) in [6.45, 7) is 10.3. The van der Waals surface area contributed by atoms with Gasteiger partial charge in [0.15, 0.2) is 0 Å². The van der Waals surface area contributed by atoms with Crippen molar-refractivity contribution in [3.8, 4) is 0 Å². The number of esters is 3. The SMILES string of the molecule is C=C/C=C\C(=C)C(=O)OCC(C)(COC(=O)c1ccccc1)COC(=O)c1cccc(C)c1. The minimum Gasteiger partial charge on any atom is -0.461 e. The molecule has 1 atom stereocenters. The lowest BCUT2D eigenvalue weighted by molar-refractivity contribution is -0.144. The maximum atomic E-state index is 12.5. The lowest BCUT2D eigenvalue weighted by Crippen LogP contribution is -2.37. The van der Waals surface area contributed by atoms with Gasteiger partial charge in [0.1, 0.15) is 19.8 Å². The Kier molecular flexibility index (Phi) is 9.36. The van der Waals surface area contributed by atoms with Gasteiger partial charge in [0.2, 0.25) is 0 Å². The number of aryl methyl sites for hydroxylation is 1. The summed E-state index contributed by atoms with van der Waals surface area (Å²) >= 11 is 0. The number of hydrogen-bond donors (Lipinski definition) is 0. The Bertz CT molecular complexity index is 1040. The van der Waals surface area contributed by atoms with Crippen LogP contribution in [0.5, 0.6) is 0 Å². The lowest BCUT2D eigenvalue weighted by atomic mass is 9.94.